The molecule has 0 aromatic rings. The average Bonchev–Trinajstić information content (AvgIpc) is 2.54. The SMILES string of the molecule is O=C1OCC(C2COC(=O)OC(=O)O2)OC(=O)O1. The van der Waals surface area contributed by atoms with Crippen molar-refractivity contribution in [3.63, 3.8) is 0 Å². The van der Waals surface area contributed by atoms with Gasteiger partial charge in [0.25, 0.3) is 0 Å². The Kier molecular flexibility index (Phi) is 3.17. The van der Waals surface area contributed by atoms with Crippen molar-refractivity contribution in [1.29, 1.82) is 0 Å². The minimum absolute atomic E-state index is 0.417. The maximum Gasteiger partial charge on any atom is 0.519 e. The lowest BCUT2D eigenvalue weighted by Gasteiger charge is -2.19. The van der Waals surface area contributed by atoms with Crippen LogP contribution in [0.3, 0.4) is 0 Å². The molecule has 0 N–H and O–H groups in total. The monoisotopic (exact) mass is 262 g/mol. The van der Waals surface area contributed by atoms with E-state index in [9.17, 15) is 19.2 Å². The summed E-state index contributed by atoms with van der Waals surface area (Å²) in [6.07, 6.45) is -7.43. The predicted molar refractivity (Wildman–Crippen MR) is 45.4 cm³/mol. The van der Waals surface area contributed by atoms with Crippen LogP contribution in [-0.4, -0.2) is 50.0 Å². The van der Waals surface area contributed by atoms with Crippen LogP contribution in [0.25, 0.3) is 0 Å². The zero-order chi connectivity index (χ0) is 13.1. The van der Waals surface area contributed by atoms with Gasteiger partial charge in [-0.3, -0.25) is 0 Å². The van der Waals surface area contributed by atoms with E-state index in [1.54, 1.807) is 0 Å². The largest absolute Gasteiger partial charge is 0.519 e. The molecular weight excluding hydrogens is 256 g/mol. The molecule has 18 heavy (non-hydrogen) atoms. The number of cyclic esters (lactones) is 8. The van der Waals surface area contributed by atoms with Gasteiger partial charge in [-0.2, -0.15) is 0 Å². The van der Waals surface area contributed by atoms with Crippen molar-refractivity contribution in [2.75, 3.05) is 13.2 Å². The number of rotatable bonds is 1. The number of carbonyl (C=O) groups is 4. The fourth-order valence-corrected chi connectivity index (χ4v) is 1.23. The Bertz CT molecular complexity index is 363. The van der Waals surface area contributed by atoms with Gasteiger partial charge < -0.3 is 28.4 Å². The molecule has 0 aliphatic carbocycles. The lowest BCUT2D eigenvalue weighted by molar-refractivity contribution is -0.0458. The minimum Gasteiger partial charge on any atom is -0.430 e. The third-order valence-electron chi connectivity index (χ3n) is 1.97. The highest BCUT2D eigenvalue weighted by Crippen LogP contribution is 2.15. The highest BCUT2D eigenvalue weighted by Gasteiger charge is 2.38. The van der Waals surface area contributed by atoms with Crippen molar-refractivity contribution >= 4 is 24.6 Å². The van der Waals surface area contributed by atoms with Crippen molar-refractivity contribution in [3.8, 4) is 0 Å². The van der Waals surface area contributed by atoms with Crippen LogP contribution in [0.5, 0.6) is 0 Å². The summed E-state index contributed by atoms with van der Waals surface area (Å²) in [4.78, 5) is 43.4. The van der Waals surface area contributed by atoms with E-state index in [-0.39, 0.29) is 0 Å². The van der Waals surface area contributed by atoms with Gasteiger partial charge in [-0.1, -0.05) is 0 Å². The molecule has 2 aliphatic rings. The second kappa shape index (κ2) is 4.77. The molecule has 0 saturated carbocycles. The molecular formula is C8H6O10. The lowest BCUT2D eigenvalue weighted by Crippen LogP contribution is -2.39. The number of hydrogen-bond acceptors (Lipinski definition) is 10. The van der Waals surface area contributed by atoms with Gasteiger partial charge in [-0.05, 0) is 0 Å². The summed E-state index contributed by atoms with van der Waals surface area (Å²) < 4.78 is 26.2. The molecule has 2 unspecified atom stereocenters. The van der Waals surface area contributed by atoms with Crippen LogP contribution in [0.4, 0.5) is 19.2 Å². The fourth-order valence-electron chi connectivity index (χ4n) is 1.23. The Morgan fingerprint density at radius 2 is 1.06 bits per heavy atom. The Morgan fingerprint density at radius 3 is 1.44 bits per heavy atom. The molecule has 98 valence electrons. The summed E-state index contributed by atoms with van der Waals surface area (Å²) in [5.74, 6) is 0. The summed E-state index contributed by atoms with van der Waals surface area (Å²) >= 11 is 0. The highest BCUT2D eigenvalue weighted by molar-refractivity contribution is 5.78. The molecule has 0 spiro atoms. The zero-order valence-electron chi connectivity index (χ0n) is 8.65. The Morgan fingerprint density at radius 1 is 0.667 bits per heavy atom. The number of hydrogen-bond donors (Lipinski definition) is 0. The van der Waals surface area contributed by atoms with Crippen molar-refractivity contribution in [1.82, 2.24) is 0 Å². The van der Waals surface area contributed by atoms with Crippen LogP contribution < -0.4 is 0 Å². The molecule has 2 fully saturated rings. The Labute approximate surface area is 98.6 Å². The lowest BCUT2D eigenvalue weighted by atomic mass is 10.2. The number of ether oxygens (including phenoxy) is 6. The first-order valence-corrected chi connectivity index (χ1v) is 4.65. The highest BCUT2D eigenvalue weighted by atomic mass is 16.9. The van der Waals surface area contributed by atoms with E-state index < -0.39 is 50.0 Å². The van der Waals surface area contributed by atoms with E-state index in [2.05, 4.69) is 28.4 Å². The molecule has 2 rings (SSSR count). The standard InChI is InChI=1S/C8H6O10/c9-5-13-1-3(15-7(11)17-5)4-2-14-6(10)18-8(12)16-4/h3-4H,1-2H2. The Hall–Kier alpha value is -2.52. The molecule has 0 aromatic carbocycles. The van der Waals surface area contributed by atoms with E-state index in [4.69, 9.17) is 0 Å². The molecule has 2 saturated heterocycles. The summed E-state index contributed by atoms with van der Waals surface area (Å²) in [5.41, 5.74) is 0. The smallest absolute Gasteiger partial charge is 0.430 e. The van der Waals surface area contributed by atoms with E-state index in [1.807, 2.05) is 0 Å². The molecule has 10 heteroatoms. The maximum atomic E-state index is 11.0. The van der Waals surface area contributed by atoms with Crippen LogP contribution >= 0.6 is 0 Å². The van der Waals surface area contributed by atoms with Gasteiger partial charge in [0.2, 0.25) is 0 Å². The molecule has 2 heterocycles. The second-order valence-corrected chi connectivity index (χ2v) is 3.14. The summed E-state index contributed by atoms with van der Waals surface area (Å²) in [7, 11) is 0. The van der Waals surface area contributed by atoms with Gasteiger partial charge in [-0.15, -0.1) is 0 Å². The first kappa shape index (κ1) is 12.0. The second-order valence-electron chi connectivity index (χ2n) is 3.14. The molecule has 2 aliphatic heterocycles. The molecule has 10 nitrogen and oxygen atoms in total. The van der Waals surface area contributed by atoms with E-state index in [0.29, 0.717) is 0 Å². The van der Waals surface area contributed by atoms with E-state index >= 15 is 0 Å². The molecule has 0 bridgehead atoms. The molecule has 0 amide bonds. The summed E-state index contributed by atoms with van der Waals surface area (Å²) in [6.45, 7) is -0.833. The topological polar surface area (TPSA) is 124 Å². The molecule has 0 aromatic heterocycles. The van der Waals surface area contributed by atoms with Crippen molar-refractivity contribution < 1.29 is 47.6 Å². The average molecular weight is 262 g/mol. The van der Waals surface area contributed by atoms with Gasteiger partial charge >= 0.3 is 24.6 Å². The van der Waals surface area contributed by atoms with Crippen LogP contribution in [0.15, 0.2) is 0 Å². The molecule has 2 atom stereocenters. The normalized spacial score (nSPS) is 28.4. The predicted octanol–water partition coefficient (Wildman–Crippen LogP) is 0.330. The summed E-state index contributed by atoms with van der Waals surface area (Å²) in [5, 5.41) is 0. The van der Waals surface area contributed by atoms with E-state index in [0.717, 1.165) is 0 Å². The summed E-state index contributed by atoms with van der Waals surface area (Å²) in [6, 6.07) is 0. The van der Waals surface area contributed by atoms with E-state index in [1.165, 1.54) is 0 Å². The van der Waals surface area contributed by atoms with Gasteiger partial charge in [0, 0.05) is 0 Å². The van der Waals surface area contributed by atoms with Gasteiger partial charge in [0.1, 0.15) is 13.2 Å². The number of carbonyl (C=O) groups excluding carboxylic acids is 4. The first-order chi connectivity index (χ1) is 8.54. The maximum absolute atomic E-state index is 11.0. The third-order valence-corrected chi connectivity index (χ3v) is 1.97. The van der Waals surface area contributed by atoms with Crippen LogP contribution in [0.2, 0.25) is 0 Å². The van der Waals surface area contributed by atoms with Crippen LogP contribution in [-0.2, 0) is 28.4 Å². The minimum atomic E-state index is -1.31. The van der Waals surface area contributed by atoms with Crippen molar-refractivity contribution in [3.05, 3.63) is 0 Å². The molecule has 0 radical (unpaired) electrons. The van der Waals surface area contributed by atoms with Crippen molar-refractivity contribution in [2.24, 2.45) is 0 Å². The van der Waals surface area contributed by atoms with Crippen LogP contribution in [0.1, 0.15) is 0 Å². The van der Waals surface area contributed by atoms with Crippen molar-refractivity contribution in [2.45, 2.75) is 12.2 Å². The van der Waals surface area contributed by atoms with Crippen LogP contribution in [0, 0.1) is 0 Å². The van der Waals surface area contributed by atoms with Gasteiger partial charge in [0.15, 0.2) is 12.2 Å². The Balaban J connectivity index is 2.05. The quantitative estimate of drug-likeness (QED) is 0.370. The fraction of sp³-hybridized carbons (Fsp3) is 0.500. The first-order valence-electron chi connectivity index (χ1n) is 4.65. The zero-order valence-corrected chi connectivity index (χ0v) is 8.65. The third kappa shape index (κ3) is 2.78. The van der Waals surface area contributed by atoms with Gasteiger partial charge in [-0.25, -0.2) is 19.2 Å². The van der Waals surface area contributed by atoms with Gasteiger partial charge in [0.05, 0.1) is 0 Å².